The van der Waals surface area contributed by atoms with Crippen molar-refractivity contribution in [1.29, 1.82) is 0 Å². The fourth-order valence-electron chi connectivity index (χ4n) is 7.77. The number of hydrogen-bond donors (Lipinski definition) is 15. The monoisotopic (exact) mass is 1020 g/mol. The predicted octanol–water partition coefficient (Wildman–Crippen LogP) is -8.93. The van der Waals surface area contributed by atoms with E-state index >= 15 is 4.39 Å². The van der Waals surface area contributed by atoms with E-state index in [0.29, 0.717) is 25.7 Å². The van der Waals surface area contributed by atoms with Gasteiger partial charge in [0, 0.05) is 26.1 Å². The average molecular weight is 1020 g/mol. The molecule has 0 bridgehead atoms. The Balaban J connectivity index is 1.36. The third-order valence-electron chi connectivity index (χ3n) is 11.9. The molecule has 4 aliphatic heterocycles. The zero-order valence-electron chi connectivity index (χ0n) is 38.7. The van der Waals surface area contributed by atoms with E-state index < -0.39 is 187 Å². The van der Waals surface area contributed by atoms with Gasteiger partial charge in [0.2, 0.25) is 17.7 Å². The lowest BCUT2D eigenvalue weighted by molar-refractivity contribution is -0.359. The summed E-state index contributed by atoms with van der Waals surface area (Å²) in [6, 6.07) is 0. The summed E-state index contributed by atoms with van der Waals surface area (Å²) in [5.74, 6) is -1.88. The number of aliphatic hydroxyl groups is 12. The molecule has 0 aliphatic carbocycles. The highest BCUT2D eigenvalue weighted by Gasteiger charge is 2.53. The number of Topliss-reactive ketones (excluding diaryl/α,β-unsaturated/α-hetero) is 1. The summed E-state index contributed by atoms with van der Waals surface area (Å²) in [5, 5.41) is 130. The van der Waals surface area contributed by atoms with Crippen molar-refractivity contribution in [2.24, 2.45) is 0 Å². The Hall–Kier alpha value is -2.83. The molecule has 0 aromatic heterocycles. The lowest BCUT2D eigenvalue weighted by atomic mass is 9.97. The molecular formula is C41H71FN4O24. The van der Waals surface area contributed by atoms with Crippen LogP contribution in [0.15, 0.2) is 0 Å². The zero-order valence-corrected chi connectivity index (χ0v) is 38.7. The van der Waals surface area contributed by atoms with Gasteiger partial charge in [-0.3, -0.25) is 19.3 Å². The second-order valence-corrected chi connectivity index (χ2v) is 17.4. The lowest BCUT2D eigenvalue weighted by Gasteiger charge is -2.46. The largest absolute Gasteiger partial charge is 0.394 e. The van der Waals surface area contributed by atoms with Gasteiger partial charge in [-0.15, -0.1) is 0 Å². The molecule has 4 aliphatic rings. The summed E-state index contributed by atoms with van der Waals surface area (Å²) in [4.78, 5) is 51.4. The number of carbonyl (C=O) groups excluding carboxylic acids is 4. The van der Waals surface area contributed by atoms with Crippen LogP contribution in [-0.2, 0) is 57.1 Å². The number of hydrogen-bond acceptors (Lipinski definition) is 25. The third kappa shape index (κ3) is 17.1. The number of nitrogens with zero attached hydrogens (tertiary/aromatic N) is 1. The van der Waals surface area contributed by atoms with Gasteiger partial charge in [0.1, 0.15) is 91.2 Å². The van der Waals surface area contributed by atoms with Crippen molar-refractivity contribution in [3.05, 3.63) is 0 Å². The van der Waals surface area contributed by atoms with Gasteiger partial charge in [-0.05, 0) is 26.7 Å². The number of ketones is 1. The summed E-state index contributed by atoms with van der Waals surface area (Å²) < 4.78 is 59.9. The first kappa shape index (κ1) is 59.7. The van der Waals surface area contributed by atoms with E-state index in [0.717, 1.165) is 0 Å². The van der Waals surface area contributed by atoms with Crippen LogP contribution in [0.4, 0.5) is 4.39 Å². The van der Waals surface area contributed by atoms with Crippen LogP contribution >= 0.6 is 0 Å². The molecule has 70 heavy (non-hydrogen) atoms. The summed E-state index contributed by atoms with van der Waals surface area (Å²) in [5.41, 5.74) is 0. The zero-order chi connectivity index (χ0) is 51.8. The number of carbonyl (C=O) groups is 4. The van der Waals surface area contributed by atoms with E-state index in [2.05, 4.69) is 16.0 Å². The van der Waals surface area contributed by atoms with E-state index in [1.807, 2.05) is 0 Å². The Morgan fingerprint density at radius 3 is 1.51 bits per heavy atom. The molecule has 4 rings (SSSR count). The van der Waals surface area contributed by atoms with Crippen LogP contribution in [0.5, 0.6) is 0 Å². The quantitative estimate of drug-likeness (QED) is 0.0340. The van der Waals surface area contributed by atoms with Crippen molar-refractivity contribution in [3.63, 3.8) is 0 Å². The molecule has 406 valence electrons. The number of aliphatic hydroxyl groups excluding tert-OH is 12. The first-order chi connectivity index (χ1) is 33.2. The fraction of sp³-hybridized carbons (Fsp3) is 0.902. The molecular weight excluding hydrogens is 951 g/mol. The van der Waals surface area contributed by atoms with Gasteiger partial charge in [-0.1, -0.05) is 6.42 Å². The van der Waals surface area contributed by atoms with Gasteiger partial charge >= 0.3 is 0 Å². The maximum absolute atomic E-state index is 16.2. The molecule has 0 aromatic carbocycles. The highest BCUT2D eigenvalue weighted by Crippen LogP contribution is 2.32. The summed E-state index contributed by atoms with van der Waals surface area (Å²) in [6.45, 7) is -1.86. The lowest BCUT2D eigenvalue weighted by Crippen LogP contribution is -2.64. The van der Waals surface area contributed by atoms with Crippen molar-refractivity contribution < 1.29 is 123 Å². The molecule has 0 spiro atoms. The van der Waals surface area contributed by atoms with Crippen molar-refractivity contribution in [3.8, 4) is 0 Å². The summed E-state index contributed by atoms with van der Waals surface area (Å²) in [6.07, 6.45) is -32.2. The normalized spacial score (nSPS) is 38.0. The predicted molar refractivity (Wildman–Crippen MR) is 227 cm³/mol. The van der Waals surface area contributed by atoms with Gasteiger partial charge in [0.15, 0.2) is 31.3 Å². The van der Waals surface area contributed by atoms with E-state index in [1.165, 1.54) is 18.7 Å². The van der Waals surface area contributed by atoms with Crippen LogP contribution in [0.25, 0.3) is 0 Å². The number of amides is 3. The maximum Gasteiger partial charge on any atom is 0.234 e. The SMILES string of the molecule is CC(=O)CCCCCNC(=O)CN(CC(=O)NCCO[C@@H]1O[C@@H](C)[C@@H](O)[C@@H](O)[C@@H]1O)CC(=O)NCCO[C@@H]1O[C@H](CO[C@H]2O[C@H](CO)[C@@H](O)[C@H](O)[C@@H]2O)[C@@H](O)[C@H](O[C@H]2O[C@H](CO)[C@@H](O)[C@H](O)[C@@H]2O)[C@H]1F. The second kappa shape index (κ2) is 29.2. The van der Waals surface area contributed by atoms with E-state index in [1.54, 1.807) is 0 Å². The molecule has 4 saturated heterocycles. The van der Waals surface area contributed by atoms with Gasteiger partial charge in [0.05, 0.1) is 58.8 Å². The minimum absolute atomic E-state index is 0.0384. The molecule has 20 atom stereocenters. The number of rotatable bonds is 27. The fourth-order valence-corrected chi connectivity index (χ4v) is 7.77. The smallest absolute Gasteiger partial charge is 0.234 e. The minimum atomic E-state index is -2.43. The Labute approximate surface area is 401 Å². The Bertz CT molecular complexity index is 1610. The van der Waals surface area contributed by atoms with Gasteiger partial charge in [0.25, 0.3) is 0 Å². The molecule has 4 fully saturated rings. The first-order valence-electron chi connectivity index (χ1n) is 23.0. The van der Waals surface area contributed by atoms with Crippen molar-refractivity contribution in [2.45, 2.75) is 162 Å². The average Bonchev–Trinajstić information content (AvgIpc) is 3.32. The van der Waals surface area contributed by atoms with Crippen LogP contribution in [0.2, 0.25) is 0 Å². The number of ether oxygens (including phenoxy) is 8. The number of alkyl halides is 1. The van der Waals surface area contributed by atoms with Crippen molar-refractivity contribution in [2.75, 3.05) is 72.3 Å². The van der Waals surface area contributed by atoms with E-state index in [9.17, 15) is 80.5 Å². The van der Waals surface area contributed by atoms with Crippen LogP contribution in [0, 0.1) is 0 Å². The molecule has 15 N–H and O–H groups in total. The Morgan fingerprint density at radius 1 is 0.529 bits per heavy atom. The summed E-state index contributed by atoms with van der Waals surface area (Å²) in [7, 11) is 0. The van der Waals surface area contributed by atoms with Crippen LogP contribution in [0.3, 0.4) is 0 Å². The number of nitrogens with one attached hydrogen (secondary N) is 3. The van der Waals surface area contributed by atoms with Crippen LogP contribution in [0.1, 0.15) is 39.5 Å². The second-order valence-electron chi connectivity index (χ2n) is 17.4. The van der Waals surface area contributed by atoms with Crippen molar-refractivity contribution >= 4 is 23.5 Å². The van der Waals surface area contributed by atoms with Gasteiger partial charge < -0.3 is 120 Å². The molecule has 0 saturated carbocycles. The minimum Gasteiger partial charge on any atom is -0.394 e. The van der Waals surface area contributed by atoms with Gasteiger partial charge in [-0.25, -0.2) is 4.39 Å². The van der Waals surface area contributed by atoms with Crippen LogP contribution in [-0.4, -0.2) is 285 Å². The Kier molecular flexibility index (Phi) is 24.9. The molecule has 0 aromatic rings. The number of unbranched alkanes of at least 4 members (excludes halogenated alkanes) is 2. The molecule has 0 radical (unpaired) electrons. The van der Waals surface area contributed by atoms with Crippen molar-refractivity contribution in [1.82, 2.24) is 20.9 Å². The highest BCUT2D eigenvalue weighted by molar-refractivity contribution is 5.84. The molecule has 28 nitrogen and oxygen atoms in total. The molecule has 3 amide bonds. The number of halogens is 1. The summed E-state index contributed by atoms with van der Waals surface area (Å²) >= 11 is 0. The first-order valence-corrected chi connectivity index (χ1v) is 23.0. The molecule has 0 unspecified atom stereocenters. The molecule has 4 heterocycles. The third-order valence-corrected chi connectivity index (χ3v) is 11.9. The van der Waals surface area contributed by atoms with Gasteiger partial charge in [-0.2, -0.15) is 0 Å². The maximum atomic E-state index is 16.2. The highest BCUT2D eigenvalue weighted by atomic mass is 19.1. The standard InChI is InChI=1S/C41H71FN4O24/c1-18(49)6-4-3-5-7-43-23(50)12-46(14-25(52)45-9-11-64-39-34(60)31(57)27(53)19(2)66-39)13-24(51)44-8-10-63-38-26(42)37(70-41-36(62)33(59)29(55)21(16-48)68-41)30(56)22(69-38)17-65-40-35(61)32(58)28(54)20(15-47)67-40/h19-22,26-41,47-48,53-62H,3-17H2,1-2H3,(H,43,50)(H,44,51)(H,45,52)/t19-,20+,21+,22+,26+,27+,28+,29+,30+,31+,32-,33-,34-,35-,36-,37+,38+,39+,40-,41+/m0/s1. The Morgan fingerprint density at radius 2 is 0.986 bits per heavy atom. The molecule has 29 heteroatoms. The van der Waals surface area contributed by atoms with Crippen LogP contribution < -0.4 is 16.0 Å². The topological polar surface area (TPSA) is 424 Å². The van der Waals surface area contributed by atoms with E-state index in [-0.39, 0.29) is 32.0 Å². The van der Waals surface area contributed by atoms with E-state index in [4.69, 9.17) is 37.9 Å².